The van der Waals surface area contributed by atoms with Crippen molar-refractivity contribution in [1.82, 2.24) is 0 Å². The van der Waals surface area contributed by atoms with E-state index in [2.05, 4.69) is 0 Å². The highest BCUT2D eigenvalue weighted by atomic mass is 16.7. The summed E-state index contributed by atoms with van der Waals surface area (Å²) in [5.41, 5.74) is -0.154. The van der Waals surface area contributed by atoms with Gasteiger partial charge in [0.2, 0.25) is 12.5 Å². The molecule has 23 heavy (non-hydrogen) atoms. The van der Waals surface area contributed by atoms with Crippen molar-refractivity contribution in [1.29, 1.82) is 0 Å². The number of ketones is 1. The van der Waals surface area contributed by atoms with Crippen LogP contribution in [0.5, 0.6) is 23.0 Å². The maximum atomic E-state index is 12.3. The summed E-state index contributed by atoms with van der Waals surface area (Å²) in [4.78, 5) is 22.2. The molecule has 2 aromatic carbocycles. The minimum Gasteiger partial charge on any atom is -0.504 e. The lowest BCUT2D eigenvalue weighted by atomic mass is 10.0. The number of nitrogens with zero attached hydrogens (tertiary/aromatic N) is 1. The number of hydrogen-bond acceptors (Lipinski definition) is 7. The molecule has 8 nitrogen and oxygen atoms in total. The smallest absolute Gasteiger partial charge is 0.315 e. The van der Waals surface area contributed by atoms with Crippen molar-refractivity contribution < 1.29 is 29.4 Å². The monoisotopic (exact) mass is 317 g/mol. The molecule has 0 saturated carbocycles. The summed E-state index contributed by atoms with van der Waals surface area (Å²) in [6.45, 7) is 0.116. The van der Waals surface area contributed by atoms with E-state index in [0.29, 0.717) is 17.1 Å². The molecule has 0 radical (unpaired) electrons. The van der Waals surface area contributed by atoms with Crippen LogP contribution in [0.2, 0.25) is 0 Å². The average molecular weight is 317 g/mol. The van der Waals surface area contributed by atoms with Gasteiger partial charge in [0.15, 0.2) is 23.0 Å². The van der Waals surface area contributed by atoms with Crippen molar-refractivity contribution in [2.24, 2.45) is 0 Å². The maximum Gasteiger partial charge on any atom is 0.315 e. The van der Waals surface area contributed by atoms with Gasteiger partial charge in [0.05, 0.1) is 4.92 Å². The predicted octanol–water partition coefficient (Wildman–Crippen LogP) is 2.16. The third-order valence-corrected chi connectivity index (χ3v) is 3.39. The lowest BCUT2D eigenvalue weighted by molar-refractivity contribution is -0.386. The lowest BCUT2D eigenvalue weighted by Gasteiger charge is -2.05. The number of phenols is 2. The first-order valence-electron chi connectivity index (χ1n) is 6.58. The van der Waals surface area contributed by atoms with E-state index in [0.717, 1.165) is 12.1 Å². The van der Waals surface area contributed by atoms with E-state index in [9.17, 15) is 25.1 Å². The Bertz CT molecular complexity index is 816. The van der Waals surface area contributed by atoms with E-state index < -0.39 is 27.9 Å². The minimum atomic E-state index is -0.869. The normalized spacial score (nSPS) is 12.2. The van der Waals surface area contributed by atoms with Crippen LogP contribution in [-0.2, 0) is 6.42 Å². The van der Waals surface area contributed by atoms with Gasteiger partial charge >= 0.3 is 5.69 Å². The van der Waals surface area contributed by atoms with Crippen LogP contribution >= 0.6 is 0 Å². The highest BCUT2D eigenvalue weighted by Gasteiger charge is 2.22. The molecule has 0 bridgehead atoms. The third kappa shape index (κ3) is 2.73. The number of benzene rings is 2. The number of ether oxygens (including phenoxy) is 2. The quantitative estimate of drug-likeness (QED) is 0.384. The SMILES string of the molecule is O=C(Cc1ccc2c(c1)OCO2)c1cc(O)c(O)c([N+](=O)[O-])c1. The fraction of sp³-hybridized carbons (Fsp3) is 0.133. The molecule has 0 amide bonds. The Balaban J connectivity index is 1.87. The van der Waals surface area contributed by atoms with Crippen LogP contribution in [0.4, 0.5) is 5.69 Å². The van der Waals surface area contributed by atoms with Crippen LogP contribution in [0.1, 0.15) is 15.9 Å². The number of fused-ring (bicyclic) bond motifs is 1. The van der Waals surface area contributed by atoms with E-state index in [1.807, 2.05) is 0 Å². The van der Waals surface area contributed by atoms with E-state index >= 15 is 0 Å². The number of aromatic hydroxyl groups is 2. The largest absolute Gasteiger partial charge is 0.504 e. The molecule has 0 atom stereocenters. The molecule has 1 aliphatic heterocycles. The standard InChI is InChI=1S/C15H11NO7/c17-11(3-8-1-2-13-14(4-8)23-7-22-13)9-5-10(16(20)21)15(19)12(18)6-9/h1-2,4-6,18-19H,3,7H2. The summed E-state index contributed by atoms with van der Waals surface area (Å²) in [5, 5.41) is 29.8. The van der Waals surface area contributed by atoms with Gasteiger partial charge in [-0.05, 0) is 23.8 Å². The Morgan fingerprint density at radius 2 is 1.91 bits per heavy atom. The average Bonchev–Trinajstić information content (AvgIpc) is 2.97. The number of nitro benzene ring substituents is 1. The topological polar surface area (TPSA) is 119 Å². The van der Waals surface area contributed by atoms with Crippen LogP contribution in [0, 0.1) is 10.1 Å². The molecule has 0 saturated heterocycles. The molecular formula is C15H11NO7. The molecule has 2 N–H and O–H groups in total. The Labute approximate surface area is 129 Å². The molecular weight excluding hydrogens is 306 g/mol. The van der Waals surface area contributed by atoms with Gasteiger partial charge in [0.25, 0.3) is 0 Å². The molecule has 118 valence electrons. The van der Waals surface area contributed by atoms with Gasteiger partial charge in [0, 0.05) is 18.1 Å². The van der Waals surface area contributed by atoms with Crippen molar-refractivity contribution in [3.8, 4) is 23.0 Å². The number of rotatable bonds is 4. The zero-order valence-corrected chi connectivity index (χ0v) is 11.7. The van der Waals surface area contributed by atoms with Gasteiger partial charge in [-0.2, -0.15) is 0 Å². The summed E-state index contributed by atoms with van der Waals surface area (Å²) in [6.07, 6.45) is -0.0436. The molecule has 1 aliphatic rings. The second-order valence-corrected chi connectivity index (χ2v) is 4.91. The predicted molar refractivity (Wildman–Crippen MR) is 77.0 cm³/mol. The Morgan fingerprint density at radius 3 is 2.65 bits per heavy atom. The number of hydrogen-bond donors (Lipinski definition) is 2. The Morgan fingerprint density at radius 1 is 1.17 bits per heavy atom. The van der Waals surface area contributed by atoms with Crippen molar-refractivity contribution in [2.75, 3.05) is 6.79 Å². The number of nitro groups is 1. The van der Waals surface area contributed by atoms with Gasteiger partial charge in [0.1, 0.15) is 0 Å². The number of carbonyl (C=O) groups is 1. The zero-order valence-electron chi connectivity index (χ0n) is 11.7. The second-order valence-electron chi connectivity index (χ2n) is 4.91. The first kappa shape index (κ1) is 14.6. The third-order valence-electron chi connectivity index (χ3n) is 3.39. The van der Waals surface area contributed by atoms with Crippen LogP contribution in [-0.4, -0.2) is 27.7 Å². The van der Waals surface area contributed by atoms with Gasteiger partial charge in [-0.25, -0.2) is 0 Å². The number of phenolic OH excluding ortho intramolecular Hbond substituents is 2. The molecule has 1 heterocycles. The fourth-order valence-corrected chi connectivity index (χ4v) is 2.24. The molecule has 8 heteroatoms. The van der Waals surface area contributed by atoms with Crippen molar-refractivity contribution in [2.45, 2.75) is 6.42 Å². The van der Waals surface area contributed by atoms with Gasteiger partial charge < -0.3 is 19.7 Å². The molecule has 3 rings (SSSR count). The Kier molecular flexibility index (Phi) is 3.49. The van der Waals surface area contributed by atoms with Gasteiger partial charge in [-0.15, -0.1) is 0 Å². The van der Waals surface area contributed by atoms with Gasteiger partial charge in [-0.3, -0.25) is 14.9 Å². The van der Waals surface area contributed by atoms with Crippen LogP contribution in [0.15, 0.2) is 30.3 Å². The summed E-state index contributed by atoms with van der Waals surface area (Å²) in [7, 11) is 0. The first-order chi connectivity index (χ1) is 11.0. The second kappa shape index (κ2) is 5.48. The van der Waals surface area contributed by atoms with E-state index in [4.69, 9.17) is 9.47 Å². The summed E-state index contributed by atoms with van der Waals surface area (Å²) >= 11 is 0. The summed E-state index contributed by atoms with van der Waals surface area (Å²) < 4.78 is 10.4. The molecule has 2 aromatic rings. The van der Waals surface area contributed by atoms with Crippen molar-refractivity contribution >= 4 is 11.5 Å². The van der Waals surface area contributed by atoms with E-state index in [1.165, 1.54) is 0 Å². The van der Waals surface area contributed by atoms with Crippen LogP contribution < -0.4 is 9.47 Å². The van der Waals surface area contributed by atoms with E-state index in [-0.39, 0.29) is 18.8 Å². The number of carbonyl (C=O) groups excluding carboxylic acids is 1. The first-order valence-corrected chi connectivity index (χ1v) is 6.58. The molecule has 0 unspecified atom stereocenters. The van der Waals surface area contributed by atoms with Crippen LogP contribution in [0.3, 0.4) is 0 Å². The maximum absolute atomic E-state index is 12.3. The zero-order chi connectivity index (χ0) is 16.6. The highest BCUT2D eigenvalue weighted by molar-refractivity contribution is 5.99. The Hall–Kier alpha value is -3.29. The summed E-state index contributed by atoms with van der Waals surface area (Å²) in [6, 6.07) is 6.93. The molecule has 0 spiro atoms. The lowest BCUT2D eigenvalue weighted by Crippen LogP contribution is -2.04. The fourth-order valence-electron chi connectivity index (χ4n) is 2.24. The molecule has 0 aromatic heterocycles. The van der Waals surface area contributed by atoms with Crippen LogP contribution in [0.25, 0.3) is 0 Å². The highest BCUT2D eigenvalue weighted by Crippen LogP contribution is 2.37. The molecule has 0 aliphatic carbocycles. The van der Waals surface area contributed by atoms with E-state index in [1.54, 1.807) is 18.2 Å². The summed E-state index contributed by atoms with van der Waals surface area (Å²) in [5.74, 6) is -0.918. The van der Waals surface area contributed by atoms with Crippen molar-refractivity contribution in [3.63, 3.8) is 0 Å². The van der Waals surface area contributed by atoms with Gasteiger partial charge in [-0.1, -0.05) is 6.07 Å². The number of Topliss-reactive ketones (excluding diaryl/α,β-unsaturated/α-hetero) is 1. The molecule has 0 fully saturated rings. The van der Waals surface area contributed by atoms with Crippen molar-refractivity contribution in [3.05, 3.63) is 51.6 Å². The minimum absolute atomic E-state index is 0.0436.